The number of amides is 2. The minimum absolute atomic E-state index is 0.0523. The van der Waals surface area contributed by atoms with E-state index >= 15 is 0 Å². The molecule has 0 saturated carbocycles. The van der Waals surface area contributed by atoms with Gasteiger partial charge in [0.15, 0.2) is 0 Å². The first-order chi connectivity index (χ1) is 11.5. The quantitative estimate of drug-likeness (QED) is 0.936. The molecule has 2 heterocycles. The van der Waals surface area contributed by atoms with E-state index in [-0.39, 0.29) is 30.8 Å². The third kappa shape index (κ3) is 3.42. The molecule has 6 nitrogen and oxygen atoms in total. The number of aryl methyl sites for hydroxylation is 1. The van der Waals surface area contributed by atoms with E-state index in [0.29, 0.717) is 23.8 Å². The van der Waals surface area contributed by atoms with E-state index < -0.39 is 0 Å². The molecule has 0 saturated heterocycles. The van der Waals surface area contributed by atoms with Crippen LogP contribution in [0.2, 0.25) is 0 Å². The Bertz CT molecular complexity index is 753. The van der Waals surface area contributed by atoms with Gasteiger partial charge in [-0.3, -0.25) is 14.5 Å². The van der Waals surface area contributed by atoms with Crippen molar-refractivity contribution in [2.75, 3.05) is 18.1 Å². The van der Waals surface area contributed by atoms with Crippen LogP contribution < -0.4 is 15.0 Å². The van der Waals surface area contributed by atoms with Crippen molar-refractivity contribution in [2.24, 2.45) is 0 Å². The van der Waals surface area contributed by atoms with E-state index in [9.17, 15) is 9.59 Å². The smallest absolute Gasteiger partial charge is 0.240 e. The zero-order valence-electron chi connectivity index (χ0n) is 13.7. The summed E-state index contributed by atoms with van der Waals surface area (Å²) >= 11 is 0. The molecule has 6 heteroatoms. The number of rotatable bonds is 4. The summed E-state index contributed by atoms with van der Waals surface area (Å²) in [6, 6.07) is 10.7. The Labute approximate surface area is 140 Å². The molecular weight excluding hydrogens is 308 g/mol. The number of carbonyl (C=O) groups excluding carboxylic acids is 2. The van der Waals surface area contributed by atoms with Crippen LogP contribution in [0.25, 0.3) is 0 Å². The van der Waals surface area contributed by atoms with Crippen LogP contribution in [0.1, 0.15) is 30.9 Å². The molecule has 3 rings (SSSR count). The average Bonchev–Trinajstić information content (AvgIpc) is 2.93. The SMILES string of the molecule is Cc1ccc(C(C)NC(=O)CN2C(=O)CCOc3ccccc32)o1. The highest BCUT2D eigenvalue weighted by Crippen LogP contribution is 2.30. The fourth-order valence-corrected chi connectivity index (χ4v) is 2.68. The molecular formula is C18H20N2O4. The van der Waals surface area contributed by atoms with Gasteiger partial charge in [-0.15, -0.1) is 0 Å². The highest BCUT2D eigenvalue weighted by atomic mass is 16.5. The van der Waals surface area contributed by atoms with Gasteiger partial charge in [-0.05, 0) is 38.1 Å². The first kappa shape index (κ1) is 16.1. The van der Waals surface area contributed by atoms with Crippen LogP contribution in [0.4, 0.5) is 5.69 Å². The minimum Gasteiger partial charge on any atom is -0.491 e. The number of hydrogen-bond donors (Lipinski definition) is 1. The highest BCUT2D eigenvalue weighted by molar-refractivity contribution is 6.00. The van der Waals surface area contributed by atoms with Crippen LogP contribution >= 0.6 is 0 Å². The number of fused-ring (bicyclic) bond motifs is 1. The maximum absolute atomic E-state index is 12.4. The summed E-state index contributed by atoms with van der Waals surface area (Å²) in [4.78, 5) is 26.2. The van der Waals surface area contributed by atoms with Crippen molar-refractivity contribution in [3.63, 3.8) is 0 Å². The standard InChI is InChI=1S/C18H20N2O4/c1-12-7-8-15(24-12)13(2)19-17(21)11-20-14-5-3-4-6-16(14)23-10-9-18(20)22/h3-8,13H,9-11H2,1-2H3,(H,19,21). The third-order valence-corrected chi connectivity index (χ3v) is 3.90. The zero-order chi connectivity index (χ0) is 17.1. The van der Waals surface area contributed by atoms with Crippen molar-refractivity contribution in [2.45, 2.75) is 26.3 Å². The van der Waals surface area contributed by atoms with E-state index in [1.165, 1.54) is 4.90 Å². The fourth-order valence-electron chi connectivity index (χ4n) is 2.68. The number of benzene rings is 1. The van der Waals surface area contributed by atoms with Gasteiger partial charge < -0.3 is 14.5 Å². The van der Waals surface area contributed by atoms with Gasteiger partial charge in [0.05, 0.1) is 24.8 Å². The number of hydrogen-bond acceptors (Lipinski definition) is 4. The minimum atomic E-state index is -0.264. The molecule has 0 radical (unpaired) electrons. The van der Waals surface area contributed by atoms with Crippen LogP contribution in [-0.4, -0.2) is 25.0 Å². The van der Waals surface area contributed by atoms with Crippen LogP contribution in [0.15, 0.2) is 40.8 Å². The Morgan fingerprint density at radius 1 is 1.29 bits per heavy atom. The first-order valence-electron chi connectivity index (χ1n) is 7.92. The molecule has 1 aromatic carbocycles. The molecule has 24 heavy (non-hydrogen) atoms. The monoisotopic (exact) mass is 328 g/mol. The van der Waals surface area contributed by atoms with Gasteiger partial charge in [0.25, 0.3) is 0 Å². The molecule has 2 amide bonds. The Hall–Kier alpha value is -2.76. The fraction of sp³-hybridized carbons (Fsp3) is 0.333. The first-order valence-corrected chi connectivity index (χ1v) is 7.92. The van der Waals surface area contributed by atoms with E-state index in [4.69, 9.17) is 9.15 Å². The Kier molecular flexibility index (Phi) is 4.55. The molecule has 2 aromatic rings. The molecule has 126 valence electrons. The molecule has 1 aliphatic rings. The lowest BCUT2D eigenvalue weighted by Gasteiger charge is -2.22. The molecule has 0 bridgehead atoms. The maximum atomic E-state index is 12.4. The van der Waals surface area contributed by atoms with Crippen LogP contribution in [0, 0.1) is 6.92 Å². The topological polar surface area (TPSA) is 71.8 Å². The third-order valence-electron chi connectivity index (χ3n) is 3.90. The molecule has 1 aromatic heterocycles. The summed E-state index contributed by atoms with van der Waals surface area (Å²) in [5.41, 5.74) is 0.622. The number of para-hydroxylation sites is 2. The van der Waals surface area contributed by atoms with Crippen molar-refractivity contribution in [3.05, 3.63) is 47.9 Å². The van der Waals surface area contributed by atoms with Gasteiger partial charge in [-0.2, -0.15) is 0 Å². The Morgan fingerprint density at radius 2 is 2.08 bits per heavy atom. The van der Waals surface area contributed by atoms with E-state index in [2.05, 4.69) is 5.32 Å². The second-order valence-electron chi connectivity index (χ2n) is 5.78. The molecule has 1 N–H and O–H groups in total. The number of ether oxygens (including phenoxy) is 1. The van der Waals surface area contributed by atoms with Crippen molar-refractivity contribution >= 4 is 17.5 Å². The molecule has 1 aliphatic heterocycles. The second kappa shape index (κ2) is 6.78. The lowest BCUT2D eigenvalue weighted by molar-refractivity contribution is -0.124. The normalized spacial score (nSPS) is 15.2. The summed E-state index contributed by atoms with van der Waals surface area (Å²) < 4.78 is 11.1. The molecule has 1 unspecified atom stereocenters. The predicted octanol–water partition coefficient (Wildman–Crippen LogP) is 2.58. The zero-order valence-corrected chi connectivity index (χ0v) is 13.7. The predicted molar refractivity (Wildman–Crippen MR) is 88.9 cm³/mol. The van der Waals surface area contributed by atoms with Crippen molar-refractivity contribution in [1.82, 2.24) is 5.32 Å². The van der Waals surface area contributed by atoms with Gasteiger partial charge in [0.1, 0.15) is 23.8 Å². The molecule has 0 fully saturated rings. The molecule has 0 aliphatic carbocycles. The van der Waals surface area contributed by atoms with Gasteiger partial charge in [0.2, 0.25) is 11.8 Å². The van der Waals surface area contributed by atoms with E-state index in [1.807, 2.05) is 38.1 Å². The van der Waals surface area contributed by atoms with Crippen molar-refractivity contribution in [3.8, 4) is 5.75 Å². The lowest BCUT2D eigenvalue weighted by atomic mass is 10.2. The van der Waals surface area contributed by atoms with Crippen molar-refractivity contribution < 1.29 is 18.7 Å². The van der Waals surface area contributed by atoms with Gasteiger partial charge in [-0.25, -0.2) is 0 Å². The number of nitrogens with one attached hydrogen (secondary N) is 1. The number of anilines is 1. The summed E-state index contributed by atoms with van der Waals surface area (Å²) in [6.45, 7) is 3.96. The summed E-state index contributed by atoms with van der Waals surface area (Å²) in [6.07, 6.45) is 0.245. The van der Waals surface area contributed by atoms with Crippen LogP contribution in [-0.2, 0) is 9.59 Å². The lowest BCUT2D eigenvalue weighted by Crippen LogP contribution is -2.41. The highest BCUT2D eigenvalue weighted by Gasteiger charge is 2.25. The van der Waals surface area contributed by atoms with Crippen LogP contribution in [0.5, 0.6) is 5.75 Å². The van der Waals surface area contributed by atoms with E-state index in [1.54, 1.807) is 12.1 Å². The average molecular weight is 328 g/mol. The molecule has 0 spiro atoms. The summed E-state index contributed by atoms with van der Waals surface area (Å²) in [5, 5.41) is 2.86. The van der Waals surface area contributed by atoms with Crippen LogP contribution in [0.3, 0.4) is 0 Å². The molecule has 1 atom stereocenters. The largest absolute Gasteiger partial charge is 0.491 e. The maximum Gasteiger partial charge on any atom is 0.240 e. The number of furan rings is 1. The van der Waals surface area contributed by atoms with E-state index in [0.717, 1.165) is 5.76 Å². The Balaban J connectivity index is 1.72. The number of carbonyl (C=O) groups is 2. The Morgan fingerprint density at radius 3 is 2.83 bits per heavy atom. The summed E-state index contributed by atoms with van der Waals surface area (Å²) in [5.74, 6) is 1.72. The van der Waals surface area contributed by atoms with Gasteiger partial charge in [-0.1, -0.05) is 12.1 Å². The van der Waals surface area contributed by atoms with Crippen molar-refractivity contribution in [1.29, 1.82) is 0 Å². The van der Waals surface area contributed by atoms with Gasteiger partial charge >= 0.3 is 0 Å². The second-order valence-corrected chi connectivity index (χ2v) is 5.78. The van der Waals surface area contributed by atoms with Gasteiger partial charge in [0, 0.05) is 0 Å². The summed E-state index contributed by atoms with van der Waals surface area (Å²) in [7, 11) is 0. The number of nitrogens with zero attached hydrogens (tertiary/aromatic N) is 1.